The summed E-state index contributed by atoms with van der Waals surface area (Å²) >= 11 is 0. The summed E-state index contributed by atoms with van der Waals surface area (Å²) in [6, 6.07) is 9.52. The number of ether oxygens (including phenoxy) is 3. The molecule has 2 saturated heterocycles. The van der Waals surface area contributed by atoms with Gasteiger partial charge in [-0.15, -0.1) is 0 Å². The highest BCUT2D eigenvalue weighted by atomic mass is 16.5. The molecule has 6 heteroatoms. The van der Waals surface area contributed by atoms with E-state index in [9.17, 15) is 4.79 Å². The predicted molar refractivity (Wildman–Crippen MR) is 133 cm³/mol. The molecule has 2 aromatic carbocycles. The number of rotatable bonds is 11. The van der Waals surface area contributed by atoms with Gasteiger partial charge in [-0.2, -0.15) is 0 Å². The van der Waals surface area contributed by atoms with Crippen LogP contribution in [0.5, 0.6) is 17.2 Å². The molecule has 2 aromatic rings. The quantitative estimate of drug-likeness (QED) is 0.386. The van der Waals surface area contributed by atoms with Crippen molar-refractivity contribution in [2.45, 2.75) is 38.5 Å². The summed E-state index contributed by atoms with van der Waals surface area (Å²) in [7, 11) is 1.65. The maximum absolute atomic E-state index is 13.5. The zero-order valence-corrected chi connectivity index (χ0v) is 20.3. The molecular weight excluding hydrogens is 428 g/mol. The predicted octanol–water partition coefficient (Wildman–Crippen LogP) is 4.64. The van der Waals surface area contributed by atoms with Crippen LogP contribution in [0.3, 0.4) is 0 Å². The first-order valence-corrected chi connectivity index (χ1v) is 12.9. The maximum Gasteiger partial charge on any atom is 0.198 e. The summed E-state index contributed by atoms with van der Waals surface area (Å²) in [5.74, 6) is 2.05. The van der Waals surface area contributed by atoms with Crippen LogP contribution in [0.2, 0.25) is 0 Å². The molecule has 5 rings (SSSR count). The average Bonchev–Trinajstić information content (AvgIpc) is 3.62. The Bertz CT molecular complexity index is 1010. The number of nitrogens with zero attached hydrogens (tertiary/aromatic N) is 2. The van der Waals surface area contributed by atoms with Crippen molar-refractivity contribution in [2.24, 2.45) is 0 Å². The largest absolute Gasteiger partial charge is 0.496 e. The summed E-state index contributed by atoms with van der Waals surface area (Å²) < 4.78 is 18.1. The van der Waals surface area contributed by atoms with E-state index in [0.29, 0.717) is 35.8 Å². The lowest BCUT2D eigenvalue weighted by atomic mass is 10.0. The molecule has 2 heterocycles. The van der Waals surface area contributed by atoms with E-state index in [1.165, 1.54) is 51.9 Å². The molecule has 0 aromatic heterocycles. The van der Waals surface area contributed by atoms with Crippen LogP contribution in [-0.2, 0) is 0 Å². The molecule has 0 atom stereocenters. The average molecular weight is 465 g/mol. The lowest BCUT2D eigenvalue weighted by molar-refractivity contribution is 0.103. The SMILES string of the molecule is COc1ccc(OCCCN2CCCC2)c2c1-c1c(OCCCN3CCCC3)cccc1C2=O. The Kier molecular flexibility index (Phi) is 7.36. The van der Waals surface area contributed by atoms with Crippen molar-refractivity contribution in [3.05, 3.63) is 41.5 Å². The number of fused-ring (bicyclic) bond motifs is 3. The van der Waals surface area contributed by atoms with Gasteiger partial charge in [-0.1, -0.05) is 12.1 Å². The molecule has 182 valence electrons. The zero-order valence-electron chi connectivity index (χ0n) is 20.3. The molecule has 2 fully saturated rings. The topological polar surface area (TPSA) is 51.2 Å². The molecule has 0 saturated carbocycles. The number of benzene rings is 2. The van der Waals surface area contributed by atoms with Crippen molar-refractivity contribution < 1.29 is 19.0 Å². The summed E-state index contributed by atoms with van der Waals surface area (Å²) in [5.41, 5.74) is 2.90. The molecule has 1 aliphatic carbocycles. The second-order valence-corrected chi connectivity index (χ2v) is 9.53. The Labute approximate surface area is 202 Å². The van der Waals surface area contributed by atoms with E-state index in [2.05, 4.69) is 9.80 Å². The van der Waals surface area contributed by atoms with Crippen LogP contribution in [0.1, 0.15) is 54.4 Å². The Balaban J connectivity index is 1.32. The number of ketones is 1. The highest BCUT2D eigenvalue weighted by Gasteiger charge is 2.35. The number of carbonyl (C=O) groups excluding carboxylic acids is 1. The van der Waals surface area contributed by atoms with Crippen LogP contribution in [-0.4, -0.2) is 75.2 Å². The molecule has 0 bridgehead atoms. The second-order valence-electron chi connectivity index (χ2n) is 9.53. The van der Waals surface area contributed by atoms with E-state index in [4.69, 9.17) is 14.2 Å². The number of methoxy groups -OCH3 is 1. The first-order chi connectivity index (χ1) is 16.8. The fraction of sp³-hybridized carbons (Fsp3) is 0.536. The van der Waals surface area contributed by atoms with Gasteiger partial charge < -0.3 is 24.0 Å². The van der Waals surface area contributed by atoms with Gasteiger partial charge in [0.25, 0.3) is 0 Å². The van der Waals surface area contributed by atoms with Crippen molar-refractivity contribution in [3.8, 4) is 28.4 Å². The van der Waals surface area contributed by atoms with E-state index < -0.39 is 0 Å². The van der Waals surface area contributed by atoms with Gasteiger partial charge in [0.1, 0.15) is 17.2 Å². The fourth-order valence-corrected chi connectivity index (χ4v) is 5.51. The molecule has 3 aliphatic rings. The van der Waals surface area contributed by atoms with Gasteiger partial charge in [0, 0.05) is 29.8 Å². The monoisotopic (exact) mass is 464 g/mol. The molecule has 0 amide bonds. The van der Waals surface area contributed by atoms with Crippen molar-refractivity contribution in [1.29, 1.82) is 0 Å². The fourth-order valence-electron chi connectivity index (χ4n) is 5.51. The van der Waals surface area contributed by atoms with Crippen LogP contribution >= 0.6 is 0 Å². The van der Waals surface area contributed by atoms with Crippen LogP contribution in [0, 0.1) is 0 Å². The van der Waals surface area contributed by atoms with Crippen molar-refractivity contribution in [3.63, 3.8) is 0 Å². The van der Waals surface area contributed by atoms with Crippen LogP contribution in [0.15, 0.2) is 30.3 Å². The Hall–Kier alpha value is -2.57. The van der Waals surface area contributed by atoms with Gasteiger partial charge in [-0.05, 0) is 82.9 Å². The van der Waals surface area contributed by atoms with Crippen molar-refractivity contribution in [1.82, 2.24) is 9.80 Å². The summed E-state index contributed by atoms with van der Waals surface area (Å²) in [4.78, 5) is 18.4. The third kappa shape index (κ3) is 4.80. The van der Waals surface area contributed by atoms with Crippen LogP contribution < -0.4 is 14.2 Å². The summed E-state index contributed by atoms with van der Waals surface area (Å²) in [6.45, 7) is 8.09. The summed E-state index contributed by atoms with van der Waals surface area (Å²) in [5, 5.41) is 0. The second kappa shape index (κ2) is 10.8. The molecule has 2 aliphatic heterocycles. The van der Waals surface area contributed by atoms with Crippen LogP contribution in [0.4, 0.5) is 0 Å². The van der Waals surface area contributed by atoms with E-state index in [1.807, 2.05) is 30.3 Å². The van der Waals surface area contributed by atoms with Gasteiger partial charge >= 0.3 is 0 Å². The van der Waals surface area contributed by atoms with E-state index in [1.54, 1.807) is 7.11 Å². The van der Waals surface area contributed by atoms with Gasteiger partial charge in [-0.3, -0.25) is 4.79 Å². The number of likely N-dealkylation sites (tertiary alicyclic amines) is 2. The first-order valence-electron chi connectivity index (χ1n) is 12.9. The van der Waals surface area contributed by atoms with E-state index >= 15 is 0 Å². The normalized spacial score (nSPS) is 17.7. The minimum Gasteiger partial charge on any atom is -0.496 e. The van der Waals surface area contributed by atoms with Crippen LogP contribution in [0.25, 0.3) is 11.1 Å². The number of hydrogen-bond acceptors (Lipinski definition) is 6. The Morgan fingerprint density at radius 2 is 1.26 bits per heavy atom. The highest BCUT2D eigenvalue weighted by Crippen LogP contribution is 2.50. The molecule has 0 radical (unpaired) electrons. The van der Waals surface area contributed by atoms with E-state index in [-0.39, 0.29) is 5.78 Å². The Morgan fingerprint density at radius 3 is 1.85 bits per heavy atom. The number of carbonyl (C=O) groups is 1. The summed E-state index contributed by atoms with van der Waals surface area (Å²) in [6.07, 6.45) is 7.11. The molecule has 0 N–H and O–H groups in total. The van der Waals surface area contributed by atoms with Crippen molar-refractivity contribution >= 4 is 5.78 Å². The minimum atomic E-state index is -0.0130. The number of hydrogen-bond donors (Lipinski definition) is 0. The smallest absolute Gasteiger partial charge is 0.198 e. The zero-order chi connectivity index (χ0) is 23.3. The van der Waals surface area contributed by atoms with Gasteiger partial charge in [-0.25, -0.2) is 0 Å². The lowest BCUT2D eigenvalue weighted by Crippen LogP contribution is -2.22. The molecular formula is C28H36N2O4. The molecule has 0 spiro atoms. The molecule has 6 nitrogen and oxygen atoms in total. The van der Waals surface area contributed by atoms with Gasteiger partial charge in [0.15, 0.2) is 5.78 Å². The first kappa shape index (κ1) is 23.2. The maximum atomic E-state index is 13.5. The highest BCUT2D eigenvalue weighted by molar-refractivity contribution is 6.25. The van der Waals surface area contributed by atoms with E-state index in [0.717, 1.165) is 42.8 Å². The minimum absolute atomic E-state index is 0.0130. The Morgan fingerprint density at radius 1 is 0.706 bits per heavy atom. The third-order valence-corrected chi connectivity index (χ3v) is 7.25. The van der Waals surface area contributed by atoms with Gasteiger partial charge in [0.05, 0.1) is 25.9 Å². The standard InChI is InChI=1S/C28H36N2O4/c1-32-22-11-12-24(34-20-8-18-30-15-4-5-16-30)27-26(22)25-21(28(27)31)9-6-10-23(25)33-19-7-17-29-13-2-3-14-29/h6,9-12H,2-5,7-8,13-20H2,1H3. The lowest BCUT2D eigenvalue weighted by Gasteiger charge is -2.17. The third-order valence-electron chi connectivity index (χ3n) is 7.25. The van der Waals surface area contributed by atoms with Gasteiger partial charge in [0.2, 0.25) is 0 Å². The molecule has 0 unspecified atom stereocenters. The van der Waals surface area contributed by atoms with Crippen molar-refractivity contribution in [2.75, 3.05) is 59.6 Å². The molecule has 34 heavy (non-hydrogen) atoms.